The lowest BCUT2D eigenvalue weighted by molar-refractivity contribution is -0.0807. The number of anilines is 1. The van der Waals surface area contributed by atoms with Gasteiger partial charge in [0, 0.05) is 39.7 Å². The number of aromatic nitrogens is 1. The molecule has 1 aromatic heterocycles. The van der Waals surface area contributed by atoms with E-state index in [1.165, 1.54) is 18.4 Å². The van der Waals surface area contributed by atoms with Gasteiger partial charge in [-0.25, -0.2) is 9.78 Å². The minimum Gasteiger partial charge on any atom is -0.465 e. The first-order chi connectivity index (χ1) is 9.60. The molecule has 20 heavy (non-hydrogen) atoms. The zero-order chi connectivity index (χ0) is 14.6. The summed E-state index contributed by atoms with van der Waals surface area (Å²) in [7, 11) is 3.01. The molecule has 0 aromatic carbocycles. The lowest BCUT2D eigenvalue weighted by atomic mass is 9.94. The number of nitrogens with zero attached hydrogens (tertiary/aromatic N) is 1. The van der Waals surface area contributed by atoms with Crippen molar-refractivity contribution in [2.75, 3.05) is 39.3 Å². The van der Waals surface area contributed by atoms with Gasteiger partial charge in [-0.05, 0) is 0 Å². The smallest absolute Gasteiger partial charge is 0.351 e. The van der Waals surface area contributed by atoms with Crippen LogP contribution in [0.25, 0.3) is 0 Å². The van der Waals surface area contributed by atoms with E-state index in [0.717, 1.165) is 12.8 Å². The molecule has 8 heteroatoms. The first-order valence-corrected chi connectivity index (χ1v) is 7.41. The Labute approximate surface area is 126 Å². The Morgan fingerprint density at radius 3 is 2.80 bits per heavy atom. The third-order valence-electron chi connectivity index (χ3n) is 3.36. The van der Waals surface area contributed by atoms with E-state index in [2.05, 4.69) is 15.0 Å². The molecule has 1 N–H and O–H groups in total. The van der Waals surface area contributed by atoms with Crippen molar-refractivity contribution in [3.63, 3.8) is 0 Å². The quantitative estimate of drug-likeness (QED) is 0.839. The monoisotopic (exact) mass is 320 g/mol. The fraction of sp³-hybridized carbons (Fsp3) is 0.667. The van der Waals surface area contributed by atoms with Crippen LogP contribution >= 0.6 is 22.9 Å². The molecule has 0 unspecified atom stereocenters. The maximum atomic E-state index is 11.5. The molecule has 1 saturated heterocycles. The zero-order valence-corrected chi connectivity index (χ0v) is 13.0. The van der Waals surface area contributed by atoms with Crippen molar-refractivity contribution in [2.45, 2.75) is 18.4 Å². The van der Waals surface area contributed by atoms with Gasteiger partial charge in [-0.1, -0.05) is 22.9 Å². The highest BCUT2D eigenvalue weighted by molar-refractivity contribution is 7.18. The number of hydrogen-bond donors (Lipinski definition) is 1. The van der Waals surface area contributed by atoms with Gasteiger partial charge in [0.15, 0.2) is 15.2 Å². The van der Waals surface area contributed by atoms with Crippen LogP contribution in [0.15, 0.2) is 0 Å². The molecule has 0 aliphatic carbocycles. The molecule has 1 fully saturated rings. The first kappa shape index (κ1) is 15.5. The molecule has 1 aliphatic heterocycles. The van der Waals surface area contributed by atoms with Crippen LogP contribution in [-0.2, 0) is 14.2 Å². The van der Waals surface area contributed by atoms with E-state index in [1.54, 1.807) is 7.11 Å². The summed E-state index contributed by atoms with van der Waals surface area (Å²) in [5, 5.41) is 3.92. The summed E-state index contributed by atoms with van der Waals surface area (Å²) in [6, 6.07) is 0. The predicted octanol–water partition coefficient (Wildman–Crippen LogP) is 2.19. The molecule has 6 nitrogen and oxygen atoms in total. The van der Waals surface area contributed by atoms with Crippen LogP contribution in [0.4, 0.5) is 5.13 Å². The Morgan fingerprint density at radius 1 is 1.50 bits per heavy atom. The van der Waals surface area contributed by atoms with Gasteiger partial charge in [0.25, 0.3) is 0 Å². The number of thiazole rings is 1. The van der Waals surface area contributed by atoms with Crippen molar-refractivity contribution in [1.82, 2.24) is 4.98 Å². The Bertz CT molecular complexity index is 474. The van der Waals surface area contributed by atoms with Crippen LogP contribution < -0.4 is 5.32 Å². The van der Waals surface area contributed by atoms with Gasteiger partial charge in [0.05, 0.1) is 12.7 Å². The number of ether oxygens (including phenoxy) is 3. The van der Waals surface area contributed by atoms with Crippen LogP contribution in [0.3, 0.4) is 0 Å². The number of rotatable bonds is 5. The molecule has 1 aromatic rings. The Hall–Kier alpha value is -0.890. The molecule has 112 valence electrons. The molecule has 0 radical (unpaired) electrons. The second-order valence-electron chi connectivity index (χ2n) is 4.48. The SMILES string of the molecule is COC(=O)c1sc(NCC2(OC)CCOCC2)nc1Cl. The average molecular weight is 321 g/mol. The number of esters is 1. The molecule has 0 bridgehead atoms. The number of hydrogen-bond acceptors (Lipinski definition) is 7. The number of halogens is 1. The van der Waals surface area contributed by atoms with Gasteiger partial charge in [0.2, 0.25) is 0 Å². The first-order valence-electron chi connectivity index (χ1n) is 6.21. The summed E-state index contributed by atoms with van der Waals surface area (Å²) in [4.78, 5) is 15.9. The molecular formula is C12H17ClN2O4S. The largest absolute Gasteiger partial charge is 0.465 e. The summed E-state index contributed by atoms with van der Waals surface area (Å²) in [5.74, 6) is -0.479. The molecule has 0 amide bonds. The molecule has 0 spiro atoms. The van der Waals surface area contributed by atoms with E-state index >= 15 is 0 Å². The minimum absolute atomic E-state index is 0.155. The molecule has 0 atom stereocenters. The van der Waals surface area contributed by atoms with Crippen LogP contribution in [0, 0.1) is 0 Å². The van der Waals surface area contributed by atoms with Crippen LogP contribution in [0.1, 0.15) is 22.5 Å². The van der Waals surface area contributed by atoms with Crippen LogP contribution in [0.5, 0.6) is 0 Å². The van der Waals surface area contributed by atoms with Crippen LogP contribution in [-0.4, -0.2) is 50.5 Å². The zero-order valence-electron chi connectivity index (χ0n) is 11.4. The molecule has 2 rings (SSSR count). The van der Waals surface area contributed by atoms with Crippen molar-refractivity contribution in [1.29, 1.82) is 0 Å². The lowest BCUT2D eigenvalue weighted by Gasteiger charge is -2.35. The summed E-state index contributed by atoms with van der Waals surface area (Å²) in [6.45, 7) is 1.96. The highest BCUT2D eigenvalue weighted by Crippen LogP contribution is 2.30. The molecular weight excluding hydrogens is 304 g/mol. The van der Waals surface area contributed by atoms with Gasteiger partial charge >= 0.3 is 5.97 Å². The van der Waals surface area contributed by atoms with Gasteiger partial charge < -0.3 is 19.5 Å². The fourth-order valence-corrected chi connectivity index (χ4v) is 3.13. The topological polar surface area (TPSA) is 69.7 Å². The van der Waals surface area contributed by atoms with Crippen molar-refractivity contribution in [3.8, 4) is 0 Å². The second kappa shape index (κ2) is 6.71. The highest BCUT2D eigenvalue weighted by atomic mass is 35.5. The maximum Gasteiger partial charge on any atom is 0.351 e. The van der Waals surface area contributed by atoms with Gasteiger partial charge in [0.1, 0.15) is 0 Å². The normalized spacial score (nSPS) is 17.8. The fourth-order valence-electron chi connectivity index (χ4n) is 2.03. The van der Waals surface area contributed by atoms with Gasteiger partial charge in [-0.3, -0.25) is 0 Å². The Morgan fingerprint density at radius 2 is 2.20 bits per heavy atom. The van der Waals surface area contributed by atoms with E-state index in [-0.39, 0.29) is 10.8 Å². The van der Waals surface area contributed by atoms with Gasteiger partial charge in [-0.15, -0.1) is 0 Å². The van der Waals surface area contributed by atoms with Crippen molar-refractivity contribution < 1.29 is 19.0 Å². The number of nitrogens with one attached hydrogen (secondary N) is 1. The predicted molar refractivity (Wildman–Crippen MR) is 76.7 cm³/mol. The third kappa shape index (κ3) is 3.41. The lowest BCUT2D eigenvalue weighted by Crippen LogP contribution is -2.44. The van der Waals surface area contributed by atoms with E-state index in [9.17, 15) is 4.79 Å². The summed E-state index contributed by atoms with van der Waals surface area (Å²) in [6.07, 6.45) is 1.64. The number of methoxy groups -OCH3 is 2. The maximum absolute atomic E-state index is 11.5. The number of carbonyl (C=O) groups excluding carboxylic acids is 1. The van der Waals surface area contributed by atoms with E-state index in [0.29, 0.717) is 29.8 Å². The molecule has 2 heterocycles. The summed E-state index contributed by atoms with van der Waals surface area (Å²) >= 11 is 7.09. The third-order valence-corrected chi connectivity index (χ3v) is 4.73. The standard InChI is InChI=1S/C12H17ClN2O4S/c1-17-10(16)8-9(13)15-11(20-8)14-7-12(18-2)3-5-19-6-4-12/h3-7H2,1-2H3,(H,14,15). The summed E-state index contributed by atoms with van der Waals surface area (Å²) < 4.78 is 15.6. The van der Waals surface area contributed by atoms with Crippen LogP contribution in [0.2, 0.25) is 5.15 Å². The minimum atomic E-state index is -0.479. The number of carbonyl (C=O) groups is 1. The van der Waals surface area contributed by atoms with E-state index < -0.39 is 5.97 Å². The van der Waals surface area contributed by atoms with E-state index in [1.807, 2.05) is 0 Å². The van der Waals surface area contributed by atoms with Crippen molar-refractivity contribution in [3.05, 3.63) is 10.0 Å². The Kier molecular flexibility index (Phi) is 5.20. The van der Waals surface area contributed by atoms with Crippen molar-refractivity contribution >= 4 is 34.0 Å². The average Bonchev–Trinajstić information content (AvgIpc) is 2.86. The second-order valence-corrected chi connectivity index (χ2v) is 5.84. The summed E-state index contributed by atoms with van der Waals surface area (Å²) in [5.41, 5.74) is -0.262. The molecule has 1 aliphatic rings. The van der Waals surface area contributed by atoms with Gasteiger partial charge in [-0.2, -0.15) is 0 Å². The Balaban J connectivity index is 2.01. The van der Waals surface area contributed by atoms with E-state index in [4.69, 9.17) is 21.1 Å². The molecule has 0 saturated carbocycles. The highest BCUT2D eigenvalue weighted by Gasteiger charge is 2.32. The van der Waals surface area contributed by atoms with Crippen molar-refractivity contribution in [2.24, 2.45) is 0 Å².